The van der Waals surface area contributed by atoms with E-state index in [9.17, 15) is 0 Å². The molecule has 24 heavy (non-hydrogen) atoms. The molecule has 0 radical (unpaired) electrons. The Kier molecular flexibility index (Phi) is 5.85. The molecular formula is C18H28ClN5. The molecule has 3 rings (SSSR count). The Morgan fingerprint density at radius 1 is 1.29 bits per heavy atom. The average Bonchev–Trinajstić information content (AvgIpc) is 3.43. The molecule has 6 heteroatoms. The number of nitrogens with zero attached hydrogens (tertiary/aromatic N) is 4. The molecule has 132 valence electrons. The number of benzene rings is 1. The van der Waals surface area contributed by atoms with Crippen LogP contribution in [0.4, 0.5) is 5.69 Å². The highest BCUT2D eigenvalue weighted by Crippen LogP contribution is 2.24. The Morgan fingerprint density at radius 3 is 2.71 bits per heavy atom. The van der Waals surface area contributed by atoms with E-state index in [0.29, 0.717) is 12.0 Å². The highest BCUT2D eigenvalue weighted by Gasteiger charge is 2.27. The topological polar surface area (TPSA) is 48.1 Å². The monoisotopic (exact) mass is 349 g/mol. The molecule has 1 saturated heterocycles. The van der Waals surface area contributed by atoms with E-state index >= 15 is 0 Å². The zero-order valence-corrected chi connectivity index (χ0v) is 15.3. The van der Waals surface area contributed by atoms with Gasteiger partial charge in [0.15, 0.2) is 5.96 Å². The van der Waals surface area contributed by atoms with Crippen LogP contribution >= 0.6 is 11.6 Å². The van der Waals surface area contributed by atoms with Crippen molar-refractivity contribution in [2.24, 2.45) is 10.7 Å². The van der Waals surface area contributed by atoms with Crippen LogP contribution in [0.1, 0.15) is 19.3 Å². The number of aliphatic imine (C=N–C) groups is 1. The third-order valence-electron chi connectivity index (χ3n) is 4.91. The lowest BCUT2D eigenvalue weighted by atomic mass is 10.2. The van der Waals surface area contributed by atoms with E-state index in [1.807, 2.05) is 25.2 Å². The van der Waals surface area contributed by atoms with E-state index in [2.05, 4.69) is 25.8 Å². The molecule has 0 bridgehead atoms. The summed E-state index contributed by atoms with van der Waals surface area (Å²) in [4.78, 5) is 11.5. The van der Waals surface area contributed by atoms with E-state index in [-0.39, 0.29) is 0 Å². The molecule has 1 aromatic rings. The van der Waals surface area contributed by atoms with Crippen molar-refractivity contribution in [2.45, 2.75) is 25.3 Å². The summed E-state index contributed by atoms with van der Waals surface area (Å²) >= 11 is 6.09. The van der Waals surface area contributed by atoms with Gasteiger partial charge >= 0.3 is 0 Å². The lowest BCUT2D eigenvalue weighted by molar-refractivity contribution is 0.256. The van der Waals surface area contributed by atoms with E-state index in [1.165, 1.54) is 18.5 Å². The van der Waals surface area contributed by atoms with Gasteiger partial charge in [0, 0.05) is 63.1 Å². The lowest BCUT2D eigenvalue weighted by Crippen LogP contribution is -2.46. The minimum absolute atomic E-state index is 0.633. The largest absolute Gasteiger partial charge is 0.370 e. The summed E-state index contributed by atoms with van der Waals surface area (Å²) < 4.78 is 0. The number of hydrogen-bond donors (Lipinski definition) is 1. The van der Waals surface area contributed by atoms with Gasteiger partial charge in [-0.05, 0) is 37.5 Å². The minimum Gasteiger partial charge on any atom is -0.370 e. The maximum atomic E-state index is 6.09. The fraction of sp³-hybridized carbons (Fsp3) is 0.611. The van der Waals surface area contributed by atoms with Gasteiger partial charge in [0.2, 0.25) is 0 Å². The molecule has 0 unspecified atom stereocenters. The maximum Gasteiger partial charge on any atom is 0.191 e. The molecule has 0 amide bonds. The Bertz CT molecular complexity index is 564. The van der Waals surface area contributed by atoms with Crippen LogP contribution in [0.15, 0.2) is 29.3 Å². The Labute approximate surface area is 150 Å². The van der Waals surface area contributed by atoms with Gasteiger partial charge in [0.1, 0.15) is 0 Å². The lowest BCUT2D eigenvalue weighted by Gasteiger charge is -2.36. The summed E-state index contributed by atoms with van der Waals surface area (Å²) in [7, 11) is 2.05. The van der Waals surface area contributed by atoms with Crippen molar-refractivity contribution in [1.82, 2.24) is 9.80 Å². The highest BCUT2D eigenvalue weighted by atomic mass is 35.5. The second-order valence-corrected chi connectivity index (χ2v) is 7.18. The van der Waals surface area contributed by atoms with E-state index in [1.54, 1.807) is 0 Å². The minimum atomic E-state index is 0.633. The Hall–Kier alpha value is -1.46. The first-order chi connectivity index (χ1) is 11.6. The van der Waals surface area contributed by atoms with Gasteiger partial charge in [-0.25, -0.2) is 0 Å². The van der Waals surface area contributed by atoms with Gasteiger partial charge in [-0.15, -0.1) is 0 Å². The molecule has 1 aliphatic carbocycles. The molecular weight excluding hydrogens is 322 g/mol. The van der Waals surface area contributed by atoms with E-state index in [0.717, 1.165) is 50.7 Å². The van der Waals surface area contributed by atoms with Crippen LogP contribution in [0.5, 0.6) is 0 Å². The van der Waals surface area contributed by atoms with Gasteiger partial charge in [-0.1, -0.05) is 17.7 Å². The highest BCUT2D eigenvalue weighted by molar-refractivity contribution is 6.30. The molecule has 0 atom stereocenters. The molecule has 5 nitrogen and oxygen atoms in total. The third-order valence-corrected chi connectivity index (χ3v) is 5.14. The van der Waals surface area contributed by atoms with Crippen molar-refractivity contribution in [3.8, 4) is 0 Å². The number of hydrogen-bond acceptors (Lipinski definition) is 3. The van der Waals surface area contributed by atoms with Crippen molar-refractivity contribution >= 4 is 23.2 Å². The molecule has 2 fully saturated rings. The van der Waals surface area contributed by atoms with Crippen LogP contribution in [-0.2, 0) is 0 Å². The molecule has 1 aliphatic heterocycles. The summed E-state index contributed by atoms with van der Waals surface area (Å²) in [6.07, 6.45) is 3.57. The first-order valence-electron chi connectivity index (χ1n) is 8.89. The molecule has 0 spiro atoms. The van der Waals surface area contributed by atoms with Gasteiger partial charge < -0.3 is 15.5 Å². The second-order valence-electron chi connectivity index (χ2n) is 6.74. The standard InChI is InChI=1S/C18H28ClN5/c1-22(16-6-7-16)18(20)21-8-3-9-23-10-12-24(13-11-23)17-5-2-4-15(19)14-17/h2,4-5,14,16H,3,6-13H2,1H3,(H2,20,21). The summed E-state index contributed by atoms with van der Waals surface area (Å²) in [5.41, 5.74) is 7.24. The predicted octanol–water partition coefficient (Wildman–Crippen LogP) is 2.26. The zero-order valence-electron chi connectivity index (χ0n) is 14.5. The third kappa shape index (κ3) is 4.77. The molecule has 1 aromatic carbocycles. The SMILES string of the molecule is CN(C(N)=NCCCN1CCN(c2cccc(Cl)c2)CC1)C1CC1. The Morgan fingerprint density at radius 2 is 2.04 bits per heavy atom. The molecule has 2 aliphatic rings. The van der Waals surface area contributed by atoms with Gasteiger partial charge in [-0.3, -0.25) is 9.89 Å². The van der Waals surface area contributed by atoms with E-state index in [4.69, 9.17) is 17.3 Å². The second kappa shape index (κ2) is 8.08. The predicted molar refractivity (Wildman–Crippen MR) is 102 cm³/mol. The summed E-state index contributed by atoms with van der Waals surface area (Å²) in [5.74, 6) is 0.697. The normalized spacial score (nSPS) is 19.6. The fourth-order valence-corrected chi connectivity index (χ4v) is 3.34. The molecule has 1 saturated carbocycles. The van der Waals surface area contributed by atoms with Crippen molar-refractivity contribution in [2.75, 3.05) is 51.2 Å². The van der Waals surface area contributed by atoms with Gasteiger partial charge in [-0.2, -0.15) is 0 Å². The van der Waals surface area contributed by atoms with Crippen LogP contribution in [0.2, 0.25) is 5.02 Å². The van der Waals surface area contributed by atoms with Crippen molar-refractivity contribution in [1.29, 1.82) is 0 Å². The average molecular weight is 350 g/mol. The smallest absolute Gasteiger partial charge is 0.191 e. The van der Waals surface area contributed by atoms with Crippen molar-refractivity contribution in [3.05, 3.63) is 29.3 Å². The Balaban J connectivity index is 1.36. The number of halogens is 1. The van der Waals surface area contributed by atoms with Crippen LogP contribution in [0.3, 0.4) is 0 Å². The summed E-state index contributed by atoms with van der Waals surface area (Å²) in [6.45, 7) is 6.19. The van der Waals surface area contributed by atoms with Gasteiger partial charge in [0.25, 0.3) is 0 Å². The van der Waals surface area contributed by atoms with Crippen LogP contribution in [0, 0.1) is 0 Å². The van der Waals surface area contributed by atoms with Crippen LogP contribution in [0.25, 0.3) is 0 Å². The van der Waals surface area contributed by atoms with Crippen molar-refractivity contribution < 1.29 is 0 Å². The molecule has 1 heterocycles. The van der Waals surface area contributed by atoms with Crippen LogP contribution in [-0.4, -0.2) is 68.1 Å². The van der Waals surface area contributed by atoms with Crippen LogP contribution < -0.4 is 10.6 Å². The molecule has 0 aromatic heterocycles. The maximum absolute atomic E-state index is 6.09. The summed E-state index contributed by atoms with van der Waals surface area (Å²) in [6, 6.07) is 8.76. The summed E-state index contributed by atoms with van der Waals surface area (Å²) in [5, 5.41) is 0.807. The molecule has 2 N–H and O–H groups in total. The number of anilines is 1. The number of guanidine groups is 1. The quantitative estimate of drug-likeness (QED) is 0.486. The first kappa shape index (κ1) is 17.4. The van der Waals surface area contributed by atoms with Crippen molar-refractivity contribution in [3.63, 3.8) is 0 Å². The van der Waals surface area contributed by atoms with Gasteiger partial charge in [0.05, 0.1) is 0 Å². The number of piperazine rings is 1. The first-order valence-corrected chi connectivity index (χ1v) is 9.27. The number of rotatable bonds is 6. The zero-order chi connectivity index (χ0) is 16.9. The van der Waals surface area contributed by atoms with E-state index < -0.39 is 0 Å². The fourth-order valence-electron chi connectivity index (χ4n) is 3.15. The number of nitrogens with two attached hydrogens (primary N) is 1.